The monoisotopic (exact) mass is 130 g/mol. The fraction of sp³-hybridized carbons (Fsp3) is 0.714. The Labute approximate surface area is 57.4 Å². The second-order valence-electron chi connectivity index (χ2n) is 2.09. The summed E-state index contributed by atoms with van der Waals surface area (Å²) in [6.07, 6.45) is 5.43. The molecule has 0 rings (SSSR count). The van der Waals surface area contributed by atoms with Crippen molar-refractivity contribution in [2.45, 2.75) is 20.3 Å². The van der Waals surface area contributed by atoms with Crippen molar-refractivity contribution in [2.24, 2.45) is 5.92 Å². The van der Waals surface area contributed by atoms with Crippen molar-refractivity contribution in [3.05, 3.63) is 12.2 Å². The van der Waals surface area contributed by atoms with Gasteiger partial charge in [-0.3, -0.25) is 0 Å². The third-order valence-corrected chi connectivity index (χ3v) is 1.71. The van der Waals surface area contributed by atoms with Gasteiger partial charge in [0.2, 0.25) is 0 Å². The van der Waals surface area contributed by atoms with Gasteiger partial charge in [-0.15, -0.1) is 0 Å². The van der Waals surface area contributed by atoms with E-state index in [1.54, 1.807) is 0 Å². The van der Waals surface area contributed by atoms with Gasteiger partial charge >= 0.3 is 0 Å². The van der Waals surface area contributed by atoms with Crippen molar-refractivity contribution < 1.29 is 0 Å². The van der Waals surface area contributed by atoms with Crippen LogP contribution in [0, 0.1) is 5.92 Å². The standard InChI is InChI=1S/C7H14S/c1-3-4-5-7(2)6-8/h3-4,7-8H,5-6H2,1-2H3. The lowest BCUT2D eigenvalue weighted by Gasteiger charge is -2.00. The second-order valence-corrected chi connectivity index (χ2v) is 2.46. The van der Waals surface area contributed by atoms with Crippen LogP contribution in [0.2, 0.25) is 0 Å². The summed E-state index contributed by atoms with van der Waals surface area (Å²) in [6.45, 7) is 4.25. The van der Waals surface area contributed by atoms with Crippen LogP contribution in [0.25, 0.3) is 0 Å². The van der Waals surface area contributed by atoms with Crippen LogP contribution in [-0.4, -0.2) is 5.75 Å². The van der Waals surface area contributed by atoms with Crippen LogP contribution in [0.1, 0.15) is 20.3 Å². The Hall–Kier alpha value is 0.0900. The maximum atomic E-state index is 4.15. The molecule has 0 aliphatic rings. The van der Waals surface area contributed by atoms with E-state index < -0.39 is 0 Å². The molecule has 0 heterocycles. The number of rotatable bonds is 3. The molecule has 48 valence electrons. The van der Waals surface area contributed by atoms with E-state index in [2.05, 4.69) is 31.7 Å². The van der Waals surface area contributed by atoms with Crippen LogP contribution < -0.4 is 0 Å². The van der Waals surface area contributed by atoms with Crippen LogP contribution >= 0.6 is 12.6 Å². The van der Waals surface area contributed by atoms with Gasteiger partial charge in [-0.25, -0.2) is 0 Å². The molecule has 0 aromatic rings. The molecule has 0 saturated carbocycles. The van der Waals surface area contributed by atoms with E-state index in [1.807, 2.05) is 6.92 Å². The molecule has 0 aliphatic carbocycles. The van der Waals surface area contributed by atoms with E-state index in [1.165, 1.54) is 6.42 Å². The van der Waals surface area contributed by atoms with E-state index in [9.17, 15) is 0 Å². The highest BCUT2D eigenvalue weighted by molar-refractivity contribution is 7.80. The predicted octanol–water partition coefficient (Wildman–Crippen LogP) is 2.52. The highest BCUT2D eigenvalue weighted by Crippen LogP contribution is 2.03. The Kier molecular flexibility index (Phi) is 5.29. The molecule has 1 heteroatoms. The molecule has 0 spiro atoms. The summed E-state index contributed by atoms with van der Waals surface area (Å²) in [5.41, 5.74) is 0. The number of allylic oxidation sites excluding steroid dienone is 2. The Balaban J connectivity index is 3.10. The van der Waals surface area contributed by atoms with Crippen LogP contribution in [0.4, 0.5) is 0 Å². The molecule has 0 nitrogen and oxygen atoms in total. The fourth-order valence-corrected chi connectivity index (χ4v) is 0.592. The minimum atomic E-state index is 0.731. The molecule has 1 atom stereocenters. The summed E-state index contributed by atoms with van der Waals surface area (Å²) in [4.78, 5) is 0. The van der Waals surface area contributed by atoms with Crippen LogP contribution in [0.5, 0.6) is 0 Å². The Bertz CT molecular complexity index is 66.8. The molecular weight excluding hydrogens is 116 g/mol. The molecule has 0 aliphatic heterocycles. The normalized spacial score (nSPS) is 14.9. The molecule has 0 aromatic carbocycles. The van der Waals surface area contributed by atoms with Crippen molar-refractivity contribution >= 4 is 12.6 Å². The molecule has 0 N–H and O–H groups in total. The van der Waals surface area contributed by atoms with Gasteiger partial charge in [0.25, 0.3) is 0 Å². The summed E-state index contributed by atoms with van der Waals surface area (Å²) in [6, 6.07) is 0. The highest BCUT2D eigenvalue weighted by atomic mass is 32.1. The van der Waals surface area contributed by atoms with Crippen LogP contribution in [-0.2, 0) is 0 Å². The molecular formula is C7H14S. The number of hydrogen-bond donors (Lipinski definition) is 1. The molecule has 0 aromatic heterocycles. The van der Waals surface area contributed by atoms with Crippen molar-refractivity contribution in [2.75, 3.05) is 5.75 Å². The van der Waals surface area contributed by atoms with Crippen molar-refractivity contribution in [3.63, 3.8) is 0 Å². The first kappa shape index (κ1) is 8.09. The molecule has 0 radical (unpaired) electrons. The molecule has 0 fully saturated rings. The largest absolute Gasteiger partial charge is 0.179 e. The fourth-order valence-electron chi connectivity index (χ4n) is 0.443. The molecule has 0 amide bonds. The minimum Gasteiger partial charge on any atom is -0.179 e. The molecule has 8 heavy (non-hydrogen) atoms. The number of hydrogen-bond acceptors (Lipinski definition) is 1. The van der Waals surface area contributed by atoms with Gasteiger partial charge in [0.05, 0.1) is 0 Å². The van der Waals surface area contributed by atoms with E-state index in [0.29, 0.717) is 0 Å². The molecule has 1 unspecified atom stereocenters. The Morgan fingerprint density at radius 3 is 2.62 bits per heavy atom. The van der Waals surface area contributed by atoms with E-state index in [4.69, 9.17) is 0 Å². The molecule has 0 saturated heterocycles. The maximum absolute atomic E-state index is 4.15. The first-order valence-electron chi connectivity index (χ1n) is 3.03. The van der Waals surface area contributed by atoms with Gasteiger partial charge in [-0.2, -0.15) is 12.6 Å². The van der Waals surface area contributed by atoms with E-state index in [0.717, 1.165) is 11.7 Å². The first-order valence-corrected chi connectivity index (χ1v) is 3.66. The van der Waals surface area contributed by atoms with E-state index >= 15 is 0 Å². The predicted molar refractivity (Wildman–Crippen MR) is 42.4 cm³/mol. The maximum Gasteiger partial charge on any atom is -0.00692 e. The minimum absolute atomic E-state index is 0.731. The Morgan fingerprint density at radius 2 is 2.25 bits per heavy atom. The SMILES string of the molecule is CC=CCC(C)CS. The quantitative estimate of drug-likeness (QED) is 0.440. The molecule has 0 bridgehead atoms. The van der Waals surface area contributed by atoms with Gasteiger partial charge in [-0.1, -0.05) is 19.1 Å². The summed E-state index contributed by atoms with van der Waals surface area (Å²) in [7, 11) is 0. The van der Waals surface area contributed by atoms with Gasteiger partial charge < -0.3 is 0 Å². The van der Waals surface area contributed by atoms with Crippen LogP contribution in [0.15, 0.2) is 12.2 Å². The second kappa shape index (κ2) is 5.23. The highest BCUT2D eigenvalue weighted by Gasteiger charge is 1.92. The van der Waals surface area contributed by atoms with Crippen molar-refractivity contribution in [3.8, 4) is 0 Å². The summed E-state index contributed by atoms with van der Waals surface area (Å²) in [5.74, 6) is 1.72. The third-order valence-electron chi connectivity index (χ3n) is 1.09. The van der Waals surface area contributed by atoms with Gasteiger partial charge in [0.1, 0.15) is 0 Å². The average molecular weight is 130 g/mol. The van der Waals surface area contributed by atoms with Gasteiger partial charge in [0.15, 0.2) is 0 Å². The zero-order valence-electron chi connectivity index (χ0n) is 5.59. The third kappa shape index (κ3) is 4.25. The first-order chi connectivity index (χ1) is 3.81. The van der Waals surface area contributed by atoms with Gasteiger partial charge in [-0.05, 0) is 25.0 Å². The summed E-state index contributed by atoms with van der Waals surface area (Å²) < 4.78 is 0. The van der Waals surface area contributed by atoms with Gasteiger partial charge in [0, 0.05) is 0 Å². The van der Waals surface area contributed by atoms with Crippen molar-refractivity contribution in [1.82, 2.24) is 0 Å². The van der Waals surface area contributed by atoms with Crippen molar-refractivity contribution in [1.29, 1.82) is 0 Å². The smallest absolute Gasteiger partial charge is 0.00692 e. The van der Waals surface area contributed by atoms with Crippen LogP contribution in [0.3, 0.4) is 0 Å². The topological polar surface area (TPSA) is 0 Å². The zero-order valence-corrected chi connectivity index (χ0v) is 6.49. The zero-order chi connectivity index (χ0) is 6.41. The summed E-state index contributed by atoms with van der Waals surface area (Å²) >= 11 is 4.15. The average Bonchev–Trinajstić information content (AvgIpc) is 1.83. The lowest BCUT2D eigenvalue weighted by molar-refractivity contribution is 0.677. The van der Waals surface area contributed by atoms with E-state index in [-0.39, 0.29) is 0 Å². The lowest BCUT2D eigenvalue weighted by Crippen LogP contribution is -1.91. The summed E-state index contributed by atoms with van der Waals surface area (Å²) in [5, 5.41) is 0. The Morgan fingerprint density at radius 1 is 1.62 bits per heavy atom. The number of thiol groups is 1. The lowest BCUT2D eigenvalue weighted by atomic mass is 10.1.